The maximum atomic E-state index is 14.4. The summed E-state index contributed by atoms with van der Waals surface area (Å²) in [6.07, 6.45) is 6.13. The summed E-state index contributed by atoms with van der Waals surface area (Å²) in [7, 11) is 3.26. The lowest BCUT2D eigenvalue weighted by Crippen LogP contribution is -2.92. The second-order valence-electron chi connectivity index (χ2n) is 6.22. The summed E-state index contributed by atoms with van der Waals surface area (Å²) in [6, 6.07) is 5.60. The van der Waals surface area contributed by atoms with Crippen molar-refractivity contribution in [1.29, 1.82) is 0 Å². The first-order valence-corrected chi connectivity index (χ1v) is 9.39. The summed E-state index contributed by atoms with van der Waals surface area (Å²) >= 11 is 0. The van der Waals surface area contributed by atoms with Crippen LogP contribution in [0.25, 0.3) is 5.57 Å². The number of aromatic nitrogens is 1. The van der Waals surface area contributed by atoms with Gasteiger partial charge in [0.15, 0.2) is 11.6 Å². The molecule has 0 atom stereocenters. The average molecular weight is 417 g/mol. The number of amidine groups is 1. The van der Waals surface area contributed by atoms with E-state index in [9.17, 15) is 8.78 Å². The van der Waals surface area contributed by atoms with Crippen molar-refractivity contribution in [3.63, 3.8) is 0 Å². The van der Waals surface area contributed by atoms with E-state index in [2.05, 4.69) is 10.1 Å². The first-order chi connectivity index (χ1) is 14.4. The summed E-state index contributed by atoms with van der Waals surface area (Å²) in [5.41, 5.74) is 9.52. The molecule has 0 amide bonds. The Morgan fingerprint density at radius 3 is 2.67 bits per heavy atom. The van der Waals surface area contributed by atoms with Crippen molar-refractivity contribution in [3.8, 4) is 0 Å². The van der Waals surface area contributed by atoms with E-state index in [1.54, 1.807) is 26.4 Å². The molecule has 2 aromatic rings. The highest BCUT2D eigenvalue weighted by Gasteiger charge is 2.25. The predicted molar refractivity (Wildman–Crippen MR) is 115 cm³/mol. The Labute approximate surface area is 174 Å². The van der Waals surface area contributed by atoms with Gasteiger partial charge in [0.1, 0.15) is 11.5 Å². The maximum Gasteiger partial charge on any atom is 0.212 e. The number of hydrazone groups is 1. The number of nitrogens with zero attached hydrogens (tertiary/aromatic N) is 3. The van der Waals surface area contributed by atoms with Crippen LogP contribution in [0.2, 0.25) is 0 Å². The fourth-order valence-electron chi connectivity index (χ4n) is 2.94. The van der Waals surface area contributed by atoms with E-state index in [1.807, 2.05) is 26.0 Å². The number of hydrogen-bond donors (Lipinski definition) is 3. The molecule has 1 aromatic heterocycles. The number of quaternary nitrogens is 1. The number of methoxy groups -OCH3 is 1. The average Bonchev–Trinajstić information content (AvgIpc) is 2.76. The van der Waals surface area contributed by atoms with Gasteiger partial charge in [-0.1, -0.05) is 19.1 Å². The van der Waals surface area contributed by atoms with Gasteiger partial charge in [0, 0.05) is 18.2 Å². The van der Waals surface area contributed by atoms with Gasteiger partial charge in [-0.2, -0.15) is 10.1 Å². The number of allylic oxidation sites excluding steroid dienone is 4. The topological polar surface area (TPSA) is 106 Å². The Balaban J connectivity index is 2.59. The highest BCUT2D eigenvalue weighted by atomic mass is 19.2. The van der Waals surface area contributed by atoms with Gasteiger partial charge in [0.05, 0.1) is 25.5 Å². The highest BCUT2D eigenvalue weighted by Crippen LogP contribution is 2.25. The molecule has 1 aromatic carbocycles. The van der Waals surface area contributed by atoms with Crippen LogP contribution >= 0.6 is 0 Å². The lowest BCUT2D eigenvalue weighted by atomic mass is 10.0. The van der Waals surface area contributed by atoms with Crippen LogP contribution in [0.5, 0.6) is 0 Å². The number of nitrogen functional groups attached to an aromatic ring is 1. The SMILES string of the molecule is CC=C(C=C(CC)OC)c1cnc(N)c(C(=NN)N([NH2+]C)c2cccc(F)c2F)c1. The fourth-order valence-corrected chi connectivity index (χ4v) is 2.94. The van der Waals surface area contributed by atoms with E-state index >= 15 is 0 Å². The van der Waals surface area contributed by atoms with E-state index in [-0.39, 0.29) is 17.3 Å². The third-order valence-corrected chi connectivity index (χ3v) is 4.53. The second kappa shape index (κ2) is 10.4. The first kappa shape index (κ1) is 22.8. The molecule has 30 heavy (non-hydrogen) atoms. The molecule has 160 valence electrons. The van der Waals surface area contributed by atoms with Gasteiger partial charge in [0.25, 0.3) is 0 Å². The smallest absolute Gasteiger partial charge is 0.212 e. The summed E-state index contributed by atoms with van der Waals surface area (Å²) in [5.74, 6) is 4.69. The van der Waals surface area contributed by atoms with Gasteiger partial charge >= 0.3 is 0 Å². The van der Waals surface area contributed by atoms with Crippen LogP contribution in [-0.2, 0) is 4.74 Å². The lowest BCUT2D eigenvalue weighted by molar-refractivity contribution is -0.627. The van der Waals surface area contributed by atoms with Gasteiger partial charge in [-0.3, -0.25) is 0 Å². The number of pyridine rings is 1. The summed E-state index contributed by atoms with van der Waals surface area (Å²) < 4.78 is 33.6. The molecule has 0 aliphatic heterocycles. The third kappa shape index (κ3) is 4.74. The zero-order valence-electron chi connectivity index (χ0n) is 17.5. The van der Waals surface area contributed by atoms with Crippen LogP contribution in [0.3, 0.4) is 0 Å². The van der Waals surface area contributed by atoms with Crippen molar-refractivity contribution < 1.29 is 18.9 Å². The number of rotatable bonds is 7. The van der Waals surface area contributed by atoms with Crippen LogP contribution in [0.4, 0.5) is 20.3 Å². The van der Waals surface area contributed by atoms with Crippen LogP contribution in [0.1, 0.15) is 31.4 Å². The summed E-state index contributed by atoms with van der Waals surface area (Å²) in [4.78, 5) is 4.25. The Kier molecular flexibility index (Phi) is 7.88. The molecule has 0 bridgehead atoms. The number of nitrogens with two attached hydrogens (primary N) is 3. The Hall–Kier alpha value is -3.46. The van der Waals surface area contributed by atoms with Crippen LogP contribution in [0.15, 0.2) is 53.5 Å². The molecule has 1 heterocycles. The Morgan fingerprint density at radius 1 is 1.37 bits per heavy atom. The number of benzene rings is 1. The Morgan fingerprint density at radius 2 is 2.10 bits per heavy atom. The minimum Gasteiger partial charge on any atom is -0.501 e. The minimum absolute atomic E-state index is 0.0506. The molecule has 9 heteroatoms. The number of halogens is 2. The number of hydrogen-bond acceptors (Lipinski definition) is 5. The van der Waals surface area contributed by atoms with Crippen molar-refractivity contribution in [2.75, 3.05) is 24.9 Å². The number of ether oxygens (including phenoxy) is 1. The van der Waals surface area contributed by atoms with Crippen LogP contribution < -0.4 is 22.0 Å². The van der Waals surface area contributed by atoms with Crippen molar-refractivity contribution in [1.82, 2.24) is 4.98 Å². The van der Waals surface area contributed by atoms with Crippen molar-refractivity contribution in [2.45, 2.75) is 20.3 Å². The first-order valence-electron chi connectivity index (χ1n) is 9.39. The van der Waals surface area contributed by atoms with E-state index in [0.29, 0.717) is 5.56 Å². The van der Waals surface area contributed by atoms with Gasteiger partial charge < -0.3 is 16.3 Å². The minimum atomic E-state index is -1.02. The van der Waals surface area contributed by atoms with Gasteiger partial charge in [-0.05, 0) is 36.8 Å². The highest BCUT2D eigenvalue weighted by molar-refractivity contribution is 6.11. The van der Waals surface area contributed by atoms with E-state index in [1.165, 1.54) is 22.6 Å². The van der Waals surface area contributed by atoms with Crippen molar-refractivity contribution in [2.24, 2.45) is 10.9 Å². The summed E-state index contributed by atoms with van der Waals surface area (Å²) in [5, 5.41) is 5.13. The normalized spacial score (nSPS) is 12.8. The molecule has 0 unspecified atom stereocenters. The largest absolute Gasteiger partial charge is 0.501 e. The molecule has 0 saturated heterocycles. The van der Waals surface area contributed by atoms with Gasteiger partial charge in [-0.15, -0.1) is 0 Å². The molecule has 0 aliphatic rings. The summed E-state index contributed by atoms with van der Waals surface area (Å²) in [6.45, 7) is 3.87. The van der Waals surface area contributed by atoms with E-state index < -0.39 is 11.6 Å². The number of anilines is 2. The van der Waals surface area contributed by atoms with Crippen LogP contribution in [0, 0.1) is 11.6 Å². The van der Waals surface area contributed by atoms with Crippen molar-refractivity contribution >= 4 is 22.9 Å². The second-order valence-corrected chi connectivity index (χ2v) is 6.22. The molecule has 0 saturated carbocycles. The van der Waals surface area contributed by atoms with Gasteiger partial charge in [-0.25, -0.2) is 19.2 Å². The van der Waals surface area contributed by atoms with E-state index in [0.717, 1.165) is 29.4 Å². The molecule has 0 spiro atoms. The molecule has 0 aliphatic carbocycles. The zero-order chi connectivity index (χ0) is 22.3. The molecular weight excluding hydrogens is 390 g/mol. The van der Waals surface area contributed by atoms with Crippen LogP contribution in [-0.4, -0.2) is 25.0 Å². The molecule has 7 nitrogen and oxygen atoms in total. The van der Waals surface area contributed by atoms with Gasteiger partial charge in [0.2, 0.25) is 5.84 Å². The van der Waals surface area contributed by atoms with E-state index in [4.69, 9.17) is 16.3 Å². The molecule has 0 fully saturated rings. The maximum absolute atomic E-state index is 14.4. The fraction of sp³-hybridized carbons (Fsp3) is 0.238. The quantitative estimate of drug-likeness (QED) is 0.160. The predicted octanol–water partition coefficient (Wildman–Crippen LogP) is 2.52. The monoisotopic (exact) mass is 417 g/mol. The van der Waals surface area contributed by atoms with Crippen molar-refractivity contribution in [3.05, 3.63) is 71.1 Å². The Bertz CT molecular complexity index is 981. The third-order valence-electron chi connectivity index (χ3n) is 4.53. The lowest BCUT2D eigenvalue weighted by Gasteiger charge is -2.22. The molecule has 6 N–H and O–H groups in total. The molecule has 2 rings (SSSR count). The molecule has 0 radical (unpaired) electrons. The molecular formula is C21H27F2N6O+. The standard InChI is InChI=1S/C21H26F2N6O/c1-5-13(10-15(6-2)30-4)14-11-16(20(24)27-12-14)21(28-25)29(26-3)18-9-7-8-17(22)19(18)23/h5,7-12,26H,6,25H2,1-4H3,(H2,24,27)/p+1. The zero-order valence-corrected chi connectivity index (χ0v) is 17.5.